The molecule has 0 amide bonds. The van der Waals surface area contributed by atoms with Gasteiger partial charge in [0.25, 0.3) is 0 Å². The number of rotatable bonds is 3. The summed E-state index contributed by atoms with van der Waals surface area (Å²) < 4.78 is 43.3. The van der Waals surface area contributed by atoms with E-state index in [1.165, 1.54) is 10.7 Å². The van der Waals surface area contributed by atoms with E-state index in [2.05, 4.69) is 36.2 Å². The van der Waals surface area contributed by atoms with Crippen LogP contribution in [0.1, 0.15) is 11.5 Å². The van der Waals surface area contributed by atoms with Crippen LogP contribution in [0, 0.1) is 4.77 Å². The molecule has 4 rings (SSSR count). The summed E-state index contributed by atoms with van der Waals surface area (Å²) in [7, 11) is 0. The monoisotopic (exact) mass is 469 g/mol. The first-order valence-corrected chi connectivity index (χ1v) is 9.06. The third kappa shape index (κ3) is 3.29. The zero-order chi connectivity index (χ0) is 20.1. The minimum Gasteiger partial charge on any atom is -0.382 e. The van der Waals surface area contributed by atoms with Gasteiger partial charge in [-0.2, -0.15) is 23.4 Å². The van der Waals surface area contributed by atoms with Crippen molar-refractivity contribution < 1.29 is 13.2 Å². The van der Waals surface area contributed by atoms with Crippen molar-refractivity contribution in [3.05, 3.63) is 57.2 Å². The molecular formula is C16H11BrF3N7S. The normalized spacial score (nSPS) is 12.0. The van der Waals surface area contributed by atoms with E-state index in [1.807, 2.05) is 24.3 Å². The highest BCUT2D eigenvalue weighted by atomic mass is 79.9. The van der Waals surface area contributed by atoms with Crippen LogP contribution < -0.4 is 5.73 Å². The first kappa shape index (κ1) is 18.6. The van der Waals surface area contributed by atoms with E-state index in [4.69, 9.17) is 18.0 Å². The molecule has 0 saturated carbocycles. The summed E-state index contributed by atoms with van der Waals surface area (Å²) in [6.45, 7) is 0.0191. The number of pyridine rings is 1. The number of anilines is 1. The Morgan fingerprint density at radius 1 is 1.14 bits per heavy atom. The van der Waals surface area contributed by atoms with Gasteiger partial charge in [-0.15, -0.1) is 0 Å². The van der Waals surface area contributed by atoms with Crippen LogP contribution in [0.2, 0.25) is 0 Å². The Bertz CT molecular complexity index is 1220. The van der Waals surface area contributed by atoms with Gasteiger partial charge < -0.3 is 5.73 Å². The van der Waals surface area contributed by atoms with E-state index in [-0.39, 0.29) is 18.0 Å². The molecule has 12 heteroatoms. The highest BCUT2D eigenvalue weighted by molar-refractivity contribution is 9.10. The van der Waals surface area contributed by atoms with E-state index in [0.717, 1.165) is 16.2 Å². The lowest BCUT2D eigenvalue weighted by molar-refractivity contribution is -0.141. The molecule has 7 nitrogen and oxygen atoms in total. The fraction of sp³-hybridized carbons (Fsp3) is 0.125. The van der Waals surface area contributed by atoms with Crippen molar-refractivity contribution in [1.82, 2.24) is 29.5 Å². The first-order chi connectivity index (χ1) is 13.2. The molecule has 3 aromatic heterocycles. The number of nitrogens with two attached hydrogens (primary N) is 1. The lowest BCUT2D eigenvalue weighted by Crippen LogP contribution is -2.12. The molecule has 0 aliphatic carbocycles. The Kier molecular flexibility index (Phi) is 4.46. The highest BCUT2D eigenvalue weighted by Crippen LogP contribution is 2.30. The number of aromatic nitrogens is 6. The second-order valence-electron chi connectivity index (χ2n) is 5.87. The van der Waals surface area contributed by atoms with Crippen LogP contribution in [0.3, 0.4) is 0 Å². The average molecular weight is 470 g/mol. The van der Waals surface area contributed by atoms with Crippen LogP contribution in [-0.4, -0.2) is 29.5 Å². The smallest absolute Gasteiger partial charge is 0.382 e. The van der Waals surface area contributed by atoms with Gasteiger partial charge in [-0.25, -0.2) is 9.67 Å². The van der Waals surface area contributed by atoms with Crippen molar-refractivity contribution in [2.24, 2.45) is 0 Å². The minimum absolute atomic E-state index is 0.0172. The molecule has 1 aromatic carbocycles. The summed E-state index contributed by atoms with van der Waals surface area (Å²) in [5, 5.41) is 11.3. The lowest BCUT2D eigenvalue weighted by Gasteiger charge is -2.09. The molecule has 4 aromatic rings. The Balaban J connectivity index is 1.81. The molecule has 0 unspecified atom stereocenters. The second kappa shape index (κ2) is 6.71. The van der Waals surface area contributed by atoms with E-state index in [0.29, 0.717) is 16.0 Å². The number of hydrogen-bond donors (Lipinski definition) is 2. The molecule has 144 valence electrons. The maximum atomic E-state index is 13.0. The fourth-order valence-electron chi connectivity index (χ4n) is 2.77. The molecule has 3 N–H and O–H groups in total. The highest BCUT2D eigenvalue weighted by Gasteiger charge is 2.33. The quantitative estimate of drug-likeness (QED) is 0.441. The Morgan fingerprint density at radius 2 is 1.86 bits per heavy atom. The molecule has 0 fully saturated rings. The van der Waals surface area contributed by atoms with Gasteiger partial charge in [0, 0.05) is 10.2 Å². The number of fused-ring (bicyclic) bond motifs is 1. The van der Waals surface area contributed by atoms with Gasteiger partial charge in [-0.05, 0) is 48.6 Å². The molecule has 0 bridgehead atoms. The molecule has 0 aliphatic heterocycles. The Morgan fingerprint density at radius 3 is 2.54 bits per heavy atom. The van der Waals surface area contributed by atoms with Gasteiger partial charge in [0.05, 0.1) is 5.39 Å². The van der Waals surface area contributed by atoms with E-state index >= 15 is 0 Å². The topological polar surface area (TPSA) is 90.3 Å². The average Bonchev–Trinajstić information content (AvgIpc) is 3.15. The van der Waals surface area contributed by atoms with Crippen molar-refractivity contribution in [1.29, 1.82) is 0 Å². The number of hydrogen-bond acceptors (Lipinski definition) is 5. The van der Waals surface area contributed by atoms with Gasteiger partial charge in [0.2, 0.25) is 0 Å². The molecule has 0 atom stereocenters. The number of H-pyrrole nitrogens is 1. The molecule has 0 radical (unpaired) electrons. The predicted molar refractivity (Wildman–Crippen MR) is 102 cm³/mol. The molecule has 3 heterocycles. The van der Waals surface area contributed by atoms with Crippen molar-refractivity contribution in [2.75, 3.05) is 5.73 Å². The Labute approximate surface area is 169 Å². The maximum Gasteiger partial charge on any atom is 0.433 e. The van der Waals surface area contributed by atoms with Crippen LogP contribution in [0.15, 0.2) is 40.9 Å². The summed E-state index contributed by atoms with van der Waals surface area (Å²) >= 11 is 8.65. The summed E-state index contributed by atoms with van der Waals surface area (Å²) in [6.07, 6.45) is -4.57. The van der Waals surface area contributed by atoms with Gasteiger partial charge in [0.1, 0.15) is 12.2 Å². The van der Waals surface area contributed by atoms with Gasteiger partial charge in [-0.1, -0.05) is 15.9 Å². The second-order valence-corrected chi connectivity index (χ2v) is 7.17. The van der Waals surface area contributed by atoms with Crippen LogP contribution in [0.4, 0.5) is 19.0 Å². The molecule has 0 aliphatic rings. The molecule has 0 spiro atoms. The SMILES string of the molecule is Nc1nn(Cc2n[nH]c(=S)n2-c2ccc(Br)cc2)c2nc(C(F)(F)F)ccc12. The van der Waals surface area contributed by atoms with E-state index in [9.17, 15) is 13.2 Å². The van der Waals surface area contributed by atoms with Crippen molar-refractivity contribution in [2.45, 2.75) is 12.7 Å². The summed E-state index contributed by atoms with van der Waals surface area (Å²) in [6, 6.07) is 9.47. The fourth-order valence-corrected chi connectivity index (χ4v) is 3.29. The number of benzene rings is 1. The summed E-state index contributed by atoms with van der Waals surface area (Å²) in [5.41, 5.74) is 5.58. The molecular weight excluding hydrogens is 459 g/mol. The van der Waals surface area contributed by atoms with Crippen LogP contribution in [-0.2, 0) is 12.7 Å². The first-order valence-electron chi connectivity index (χ1n) is 7.86. The molecule has 28 heavy (non-hydrogen) atoms. The largest absolute Gasteiger partial charge is 0.433 e. The minimum atomic E-state index is -4.57. The zero-order valence-corrected chi connectivity index (χ0v) is 16.3. The Hall–Kier alpha value is -2.73. The standard InChI is InChI=1S/C16H11BrF3N7S/c17-8-1-3-9(4-2-8)27-12(23-24-15(27)28)7-26-14-10(13(21)25-26)5-6-11(22-14)16(18,19)20/h1-6H,7H2,(H2,21,25)(H,24,28). The lowest BCUT2D eigenvalue weighted by atomic mass is 10.3. The molecule has 0 saturated heterocycles. The number of aromatic amines is 1. The van der Waals surface area contributed by atoms with Gasteiger partial charge in [0.15, 0.2) is 22.1 Å². The van der Waals surface area contributed by atoms with Crippen LogP contribution in [0.5, 0.6) is 0 Å². The third-order valence-corrected chi connectivity index (χ3v) is 4.83. The van der Waals surface area contributed by atoms with Crippen molar-refractivity contribution in [3.63, 3.8) is 0 Å². The van der Waals surface area contributed by atoms with E-state index < -0.39 is 11.9 Å². The van der Waals surface area contributed by atoms with Gasteiger partial charge in [-0.3, -0.25) is 9.67 Å². The summed E-state index contributed by atoms with van der Waals surface area (Å²) in [5.74, 6) is 0.525. The van der Waals surface area contributed by atoms with Crippen molar-refractivity contribution in [3.8, 4) is 5.69 Å². The number of nitrogen functional groups attached to an aromatic ring is 1. The third-order valence-electron chi connectivity index (χ3n) is 4.03. The number of nitrogens with one attached hydrogen (secondary N) is 1. The summed E-state index contributed by atoms with van der Waals surface area (Å²) in [4.78, 5) is 3.70. The predicted octanol–water partition coefficient (Wildman–Crippen LogP) is 4.09. The van der Waals surface area contributed by atoms with Gasteiger partial charge >= 0.3 is 6.18 Å². The number of nitrogens with zero attached hydrogens (tertiary/aromatic N) is 5. The van der Waals surface area contributed by atoms with Crippen molar-refractivity contribution >= 4 is 45.0 Å². The van der Waals surface area contributed by atoms with E-state index in [1.54, 1.807) is 4.57 Å². The zero-order valence-electron chi connectivity index (χ0n) is 13.9. The van der Waals surface area contributed by atoms with Crippen LogP contribution in [0.25, 0.3) is 16.7 Å². The number of alkyl halides is 3. The number of halogens is 4. The van der Waals surface area contributed by atoms with Crippen LogP contribution >= 0.6 is 28.1 Å². The maximum absolute atomic E-state index is 13.0.